The summed E-state index contributed by atoms with van der Waals surface area (Å²) in [5.41, 5.74) is 0.240. The normalized spacial score (nSPS) is 15.4. The molecule has 1 amide bonds. The molecule has 2 rings (SSSR count). The van der Waals surface area contributed by atoms with Crippen LogP contribution >= 0.6 is 0 Å². The van der Waals surface area contributed by atoms with Crippen molar-refractivity contribution < 1.29 is 14.7 Å². The molecule has 1 aliphatic heterocycles. The molecule has 1 saturated heterocycles. The number of carboxylic acids is 1. The second-order valence-corrected chi connectivity index (χ2v) is 3.84. The largest absolute Gasteiger partial charge is 0.477 e. The molecular formula is C10H13N3O3. The molecule has 0 aliphatic carbocycles. The van der Waals surface area contributed by atoms with E-state index in [4.69, 9.17) is 5.11 Å². The van der Waals surface area contributed by atoms with E-state index < -0.39 is 5.97 Å². The minimum atomic E-state index is -1.07. The lowest BCUT2D eigenvalue weighted by atomic mass is 10.3. The fourth-order valence-corrected chi connectivity index (χ4v) is 1.85. The van der Waals surface area contributed by atoms with Crippen LogP contribution in [0.4, 0.5) is 0 Å². The van der Waals surface area contributed by atoms with Crippen LogP contribution in [0.2, 0.25) is 0 Å². The van der Waals surface area contributed by atoms with Crippen LogP contribution < -0.4 is 0 Å². The second kappa shape index (κ2) is 3.96. The smallest absolute Gasteiger partial charge is 0.354 e. The number of carboxylic acid groups (broad SMARTS) is 1. The molecular weight excluding hydrogens is 210 g/mol. The van der Waals surface area contributed by atoms with Crippen molar-refractivity contribution >= 4 is 11.9 Å². The van der Waals surface area contributed by atoms with Crippen molar-refractivity contribution in [3.05, 3.63) is 17.5 Å². The topological polar surface area (TPSA) is 75.4 Å². The Morgan fingerprint density at radius 2 is 2.00 bits per heavy atom. The molecule has 2 heterocycles. The van der Waals surface area contributed by atoms with Crippen molar-refractivity contribution in [3.8, 4) is 0 Å². The van der Waals surface area contributed by atoms with E-state index in [0.717, 1.165) is 25.9 Å². The number of carbonyl (C=O) groups excluding carboxylic acids is 1. The quantitative estimate of drug-likeness (QED) is 0.785. The monoisotopic (exact) mass is 223 g/mol. The first-order valence-corrected chi connectivity index (χ1v) is 5.16. The van der Waals surface area contributed by atoms with Crippen LogP contribution in [0.3, 0.4) is 0 Å². The molecule has 0 bridgehead atoms. The minimum Gasteiger partial charge on any atom is -0.477 e. The summed E-state index contributed by atoms with van der Waals surface area (Å²) in [6.45, 7) is 1.47. The van der Waals surface area contributed by atoms with Gasteiger partial charge in [0.2, 0.25) is 0 Å². The zero-order valence-electron chi connectivity index (χ0n) is 9.01. The van der Waals surface area contributed by atoms with Gasteiger partial charge in [-0.1, -0.05) is 0 Å². The fraction of sp³-hybridized carbons (Fsp3) is 0.500. The van der Waals surface area contributed by atoms with E-state index in [9.17, 15) is 9.59 Å². The van der Waals surface area contributed by atoms with Gasteiger partial charge in [-0.2, -0.15) is 5.10 Å². The second-order valence-electron chi connectivity index (χ2n) is 3.84. The van der Waals surface area contributed by atoms with Gasteiger partial charge in [-0.05, 0) is 12.8 Å². The highest BCUT2D eigenvalue weighted by atomic mass is 16.4. The standard InChI is InChI=1S/C10H13N3O3/c1-12-8(10(15)16)6-7(11-12)9(14)13-4-2-3-5-13/h6H,2-5H2,1H3,(H,15,16). The Hall–Kier alpha value is -1.85. The summed E-state index contributed by atoms with van der Waals surface area (Å²) in [7, 11) is 1.52. The first kappa shape index (κ1) is 10.7. The number of hydrogen-bond donors (Lipinski definition) is 1. The van der Waals surface area contributed by atoms with E-state index in [1.165, 1.54) is 17.8 Å². The molecule has 0 radical (unpaired) electrons. The number of nitrogens with zero attached hydrogens (tertiary/aromatic N) is 3. The van der Waals surface area contributed by atoms with Crippen molar-refractivity contribution in [1.29, 1.82) is 0 Å². The molecule has 0 saturated carbocycles. The first-order chi connectivity index (χ1) is 7.59. The Morgan fingerprint density at radius 3 is 2.50 bits per heavy atom. The maximum Gasteiger partial charge on any atom is 0.354 e. The van der Waals surface area contributed by atoms with Gasteiger partial charge >= 0.3 is 5.97 Å². The molecule has 1 aliphatic rings. The average molecular weight is 223 g/mol. The molecule has 6 nitrogen and oxygen atoms in total. The molecule has 16 heavy (non-hydrogen) atoms. The van der Waals surface area contributed by atoms with Gasteiger partial charge < -0.3 is 10.0 Å². The van der Waals surface area contributed by atoms with E-state index in [1.54, 1.807) is 4.90 Å². The number of rotatable bonds is 2. The maximum atomic E-state index is 11.9. The van der Waals surface area contributed by atoms with E-state index in [0.29, 0.717) is 0 Å². The number of aromatic nitrogens is 2. The van der Waals surface area contributed by atoms with Crippen LogP contribution in [-0.4, -0.2) is 44.8 Å². The van der Waals surface area contributed by atoms with E-state index >= 15 is 0 Å². The average Bonchev–Trinajstić information content (AvgIpc) is 2.84. The first-order valence-electron chi connectivity index (χ1n) is 5.16. The molecule has 1 N–H and O–H groups in total. The molecule has 1 fully saturated rings. The highest BCUT2D eigenvalue weighted by Gasteiger charge is 2.23. The van der Waals surface area contributed by atoms with Gasteiger partial charge in [0, 0.05) is 26.2 Å². The summed E-state index contributed by atoms with van der Waals surface area (Å²) in [6, 6.07) is 1.32. The fourth-order valence-electron chi connectivity index (χ4n) is 1.85. The van der Waals surface area contributed by atoms with Gasteiger partial charge in [-0.25, -0.2) is 4.79 Å². The third-order valence-electron chi connectivity index (χ3n) is 2.71. The molecule has 1 aromatic rings. The lowest BCUT2D eigenvalue weighted by Crippen LogP contribution is -2.28. The van der Waals surface area contributed by atoms with Crippen LogP contribution in [0.5, 0.6) is 0 Å². The summed E-state index contributed by atoms with van der Waals surface area (Å²) < 4.78 is 1.21. The van der Waals surface area contributed by atoms with Crippen molar-refractivity contribution in [1.82, 2.24) is 14.7 Å². The van der Waals surface area contributed by atoms with Gasteiger partial charge in [0.1, 0.15) is 5.69 Å². The van der Waals surface area contributed by atoms with Crippen LogP contribution in [0.25, 0.3) is 0 Å². The number of carbonyl (C=O) groups is 2. The summed E-state index contributed by atoms with van der Waals surface area (Å²) in [4.78, 5) is 24.4. The molecule has 0 spiro atoms. The summed E-state index contributed by atoms with van der Waals surface area (Å²) >= 11 is 0. The maximum absolute atomic E-state index is 11.9. The predicted molar refractivity (Wildman–Crippen MR) is 55.3 cm³/mol. The van der Waals surface area contributed by atoms with Gasteiger partial charge in [-0.15, -0.1) is 0 Å². The Kier molecular flexibility index (Phi) is 2.64. The van der Waals surface area contributed by atoms with Gasteiger partial charge in [0.05, 0.1) is 0 Å². The summed E-state index contributed by atoms with van der Waals surface area (Å²) in [5, 5.41) is 12.8. The Balaban J connectivity index is 2.23. The third kappa shape index (κ3) is 1.78. The lowest BCUT2D eigenvalue weighted by Gasteiger charge is -2.12. The van der Waals surface area contributed by atoms with Gasteiger partial charge in [-0.3, -0.25) is 9.48 Å². The van der Waals surface area contributed by atoms with Crippen LogP contribution in [0.1, 0.15) is 33.8 Å². The molecule has 6 heteroatoms. The minimum absolute atomic E-state index is 0.0301. The number of aromatic carboxylic acids is 1. The number of amides is 1. The SMILES string of the molecule is Cn1nc(C(=O)N2CCCC2)cc1C(=O)O. The number of aryl methyl sites for hydroxylation is 1. The highest BCUT2D eigenvalue weighted by Crippen LogP contribution is 2.12. The van der Waals surface area contributed by atoms with E-state index in [1.807, 2.05) is 0 Å². The summed E-state index contributed by atoms with van der Waals surface area (Å²) in [6.07, 6.45) is 2.01. The predicted octanol–water partition coefficient (Wildman–Crippen LogP) is 0.354. The Labute approximate surface area is 92.5 Å². The summed E-state index contributed by atoms with van der Waals surface area (Å²) in [5.74, 6) is -1.25. The van der Waals surface area contributed by atoms with E-state index in [2.05, 4.69) is 5.10 Å². The molecule has 1 aromatic heterocycles. The van der Waals surface area contributed by atoms with Crippen molar-refractivity contribution in [2.45, 2.75) is 12.8 Å². The Bertz CT molecular complexity index is 433. The number of likely N-dealkylation sites (tertiary alicyclic amines) is 1. The van der Waals surface area contributed by atoms with Crippen molar-refractivity contribution in [2.24, 2.45) is 7.05 Å². The molecule has 0 unspecified atom stereocenters. The molecule has 0 atom stereocenters. The zero-order valence-corrected chi connectivity index (χ0v) is 9.01. The van der Waals surface area contributed by atoms with E-state index in [-0.39, 0.29) is 17.3 Å². The molecule has 86 valence electrons. The Morgan fingerprint density at radius 1 is 1.38 bits per heavy atom. The zero-order chi connectivity index (χ0) is 11.7. The van der Waals surface area contributed by atoms with Crippen LogP contribution in [-0.2, 0) is 7.05 Å². The van der Waals surface area contributed by atoms with Gasteiger partial charge in [0.15, 0.2) is 5.69 Å². The third-order valence-corrected chi connectivity index (χ3v) is 2.71. The highest BCUT2D eigenvalue weighted by molar-refractivity contribution is 5.95. The molecule has 0 aromatic carbocycles. The van der Waals surface area contributed by atoms with Crippen molar-refractivity contribution in [2.75, 3.05) is 13.1 Å². The lowest BCUT2D eigenvalue weighted by molar-refractivity contribution is 0.0684. The van der Waals surface area contributed by atoms with Gasteiger partial charge in [0.25, 0.3) is 5.91 Å². The number of hydrogen-bond acceptors (Lipinski definition) is 3. The van der Waals surface area contributed by atoms with Crippen molar-refractivity contribution in [3.63, 3.8) is 0 Å². The van der Waals surface area contributed by atoms with Crippen LogP contribution in [0, 0.1) is 0 Å². The van der Waals surface area contributed by atoms with Crippen LogP contribution in [0.15, 0.2) is 6.07 Å².